The highest BCUT2D eigenvalue weighted by Crippen LogP contribution is 2.32. The fourth-order valence-electron chi connectivity index (χ4n) is 6.69. The number of hydrogen-bond donors (Lipinski definition) is 2. The van der Waals surface area contributed by atoms with E-state index in [4.69, 9.17) is 4.74 Å². The molecule has 0 spiro atoms. The normalized spacial score (nSPS) is 18.5. The molecule has 51 heavy (non-hydrogen) atoms. The van der Waals surface area contributed by atoms with Crippen molar-refractivity contribution in [2.75, 3.05) is 27.2 Å². The molecule has 0 bridgehead atoms. The van der Waals surface area contributed by atoms with Crippen molar-refractivity contribution in [2.45, 2.75) is 97.4 Å². The molecular weight excluding hydrogens is 663 g/mol. The summed E-state index contributed by atoms with van der Waals surface area (Å²) in [5.41, 5.74) is 2.99. The summed E-state index contributed by atoms with van der Waals surface area (Å²) < 4.78 is 5.77. The van der Waals surface area contributed by atoms with Gasteiger partial charge in [-0.1, -0.05) is 88.7 Å². The summed E-state index contributed by atoms with van der Waals surface area (Å²) in [6.07, 6.45) is 2.57. The zero-order chi connectivity index (χ0) is 37.3. The molecule has 0 aliphatic carbocycles. The van der Waals surface area contributed by atoms with Gasteiger partial charge in [-0.15, -0.1) is 11.3 Å². The minimum absolute atomic E-state index is 0.00624. The number of likely N-dealkylation sites (tertiary alicyclic amines) is 1. The Morgan fingerprint density at radius 1 is 1.04 bits per heavy atom. The number of carbonyl (C=O) groups is 4. The standard InChI is InChI=1S/C40H55N5O5S/c1-9-27(4)35(43-39(49)40(6)21-13-23-44(40)7)38(48)45(8)33(26(2)3)24-34(50-28(5)46)37-42-32(25-51-37)36(47)41-22-20-29-16-18-31(19-17-29)30-14-11-10-12-15-30/h10-12,14-19,25-27,33-35H,9,13,20-24H2,1-8H3,(H,41,47)(H,43,49)/t27-,33+,34+,35?,40+/m0/s1. The molecule has 2 N–H and O–H groups in total. The molecule has 1 saturated heterocycles. The minimum Gasteiger partial charge on any atom is -0.455 e. The van der Waals surface area contributed by atoms with Crippen LogP contribution in [0.2, 0.25) is 0 Å². The lowest BCUT2D eigenvalue weighted by molar-refractivity contribution is -0.149. The van der Waals surface area contributed by atoms with Gasteiger partial charge in [-0.3, -0.25) is 24.1 Å². The molecule has 1 unspecified atom stereocenters. The van der Waals surface area contributed by atoms with Crippen LogP contribution >= 0.6 is 11.3 Å². The van der Waals surface area contributed by atoms with Crippen molar-refractivity contribution in [3.63, 3.8) is 0 Å². The minimum atomic E-state index is -0.762. The lowest BCUT2D eigenvalue weighted by Crippen LogP contribution is -2.60. The van der Waals surface area contributed by atoms with Crippen molar-refractivity contribution < 1.29 is 23.9 Å². The molecule has 1 aliphatic rings. The van der Waals surface area contributed by atoms with E-state index in [2.05, 4.69) is 56.9 Å². The first-order valence-corrected chi connectivity index (χ1v) is 19.0. The second-order valence-electron chi connectivity index (χ2n) is 14.4. The number of esters is 1. The van der Waals surface area contributed by atoms with Gasteiger partial charge in [0.2, 0.25) is 11.8 Å². The second-order valence-corrected chi connectivity index (χ2v) is 15.3. The maximum absolute atomic E-state index is 14.2. The number of nitrogens with zero attached hydrogens (tertiary/aromatic N) is 3. The second kappa shape index (κ2) is 17.9. The van der Waals surface area contributed by atoms with E-state index in [1.165, 1.54) is 18.3 Å². The number of nitrogens with one attached hydrogen (secondary N) is 2. The monoisotopic (exact) mass is 717 g/mol. The number of aromatic nitrogens is 1. The topological polar surface area (TPSA) is 121 Å². The first-order valence-electron chi connectivity index (χ1n) is 18.1. The molecule has 3 aromatic rings. The van der Waals surface area contributed by atoms with Crippen molar-refractivity contribution in [2.24, 2.45) is 11.8 Å². The van der Waals surface area contributed by atoms with Crippen molar-refractivity contribution in [1.82, 2.24) is 25.4 Å². The van der Waals surface area contributed by atoms with Gasteiger partial charge in [0.1, 0.15) is 16.7 Å². The molecule has 5 atom stereocenters. The highest BCUT2D eigenvalue weighted by atomic mass is 32.1. The quantitative estimate of drug-likeness (QED) is 0.168. The molecule has 1 aliphatic heterocycles. The average molecular weight is 718 g/mol. The Kier molecular flexibility index (Phi) is 13.9. The van der Waals surface area contributed by atoms with Crippen LogP contribution in [0.3, 0.4) is 0 Å². The first kappa shape index (κ1) is 39.7. The summed E-state index contributed by atoms with van der Waals surface area (Å²) in [6, 6.07) is 17.4. The number of hydrogen-bond acceptors (Lipinski definition) is 8. The van der Waals surface area contributed by atoms with Crippen LogP contribution < -0.4 is 10.6 Å². The van der Waals surface area contributed by atoms with Crippen LogP contribution in [0.15, 0.2) is 60.0 Å². The fourth-order valence-corrected chi connectivity index (χ4v) is 7.53. The van der Waals surface area contributed by atoms with Gasteiger partial charge in [0.15, 0.2) is 6.10 Å². The lowest BCUT2D eigenvalue weighted by atomic mass is 9.91. The third kappa shape index (κ3) is 10.0. The number of ether oxygens (including phenoxy) is 1. The predicted octanol–water partition coefficient (Wildman–Crippen LogP) is 6.28. The van der Waals surface area contributed by atoms with E-state index >= 15 is 0 Å². The summed E-state index contributed by atoms with van der Waals surface area (Å²) in [5, 5.41) is 8.23. The Hall–Kier alpha value is -4.09. The number of likely N-dealkylation sites (N-methyl/N-ethyl adjacent to an activating group) is 2. The zero-order valence-corrected chi connectivity index (χ0v) is 32.2. The lowest BCUT2D eigenvalue weighted by Gasteiger charge is -2.38. The van der Waals surface area contributed by atoms with Gasteiger partial charge in [-0.25, -0.2) is 4.98 Å². The third-order valence-electron chi connectivity index (χ3n) is 10.4. The SMILES string of the molecule is CC[C@H](C)C(NC(=O)[C@@]1(C)CCCN1C)C(=O)N(C)[C@H](C[C@@H](OC(C)=O)c1nc(C(=O)NCCc2ccc(-c3ccccc3)cc2)cs1)C(C)C. The summed E-state index contributed by atoms with van der Waals surface area (Å²) in [7, 11) is 3.70. The smallest absolute Gasteiger partial charge is 0.303 e. The Balaban J connectivity index is 1.42. The number of amides is 3. The zero-order valence-electron chi connectivity index (χ0n) is 31.4. The van der Waals surface area contributed by atoms with Crippen LogP contribution in [0.1, 0.15) is 94.4 Å². The van der Waals surface area contributed by atoms with E-state index in [0.29, 0.717) is 24.4 Å². The maximum atomic E-state index is 14.2. The summed E-state index contributed by atoms with van der Waals surface area (Å²) in [6.45, 7) is 12.6. The van der Waals surface area contributed by atoms with Gasteiger partial charge in [0, 0.05) is 38.4 Å². The Labute approximate surface area is 307 Å². The van der Waals surface area contributed by atoms with E-state index in [1.54, 1.807) is 17.3 Å². The molecule has 11 heteroatoms. The van der Waals surface area contributed by atoms with Gasteiger partial charge in [0.25, 0.3) is 5.91 Å². The van der Waals surface area contributed by atoms with E-state index in [-0.39, 0.29) is 47.7 Å². The number of carbonyl (C=O) groups excluding carboxylic acids is 4. The molecule has 3 amide bonds. The van der Waals surface area contributed by atoms with Crippen LogP contribution in [-0.2, 0) is 25.5 Å². The van der Waals surface area contributed by atoms with Crippen LogP contribution in [0, 0.1) is 11.8 Å². The predicted molar refractivity (Wildman–Crippen MR) is 202 cm³/mol. The largest absolute Gasteiger partial charge is 0.455 e. The van der Waals surface area contributed by atoms with Crippen molar-refractivity contribution in [3.8, 4) is 11.1 Å². The Bertz CT molecular complexity index is 1630. The van der Waals surface area contributed by atoms with Gasteiger partial charge >= 0.3 is 5.97 Å². The molecule has 1 aromatic heterocycles. The summed E-state index contributed by atoms with van der Waals surface area (Å²) in [4.78, 5) is 61.4. The van der Waals surface area contributed by atoms with Gasteiger partial charge < -0.3 is 20.3 Å². The molecule has 4 rings (SSSR count). The average Bonchev–Trinajstić information content (AvgIpc) is 3.75. The fraction of sp³-hybridized carbons (Fsp3) is 0.525. The molecule has 10 nitrogen and oxygen atoms in total. The molecule has 0 radical (unpaired) electrons. The first-order chi connectivity index (χ1) is 24.2. The molecular formula is C40H55N5O5S. The third-order valence-corrected chi connectivity index (χ3v) is 11.4. The van der Waals surface area contributed by atoms with Gasteiger partial charge in [-0.2, -0.15) is 0 Å². The number of thiazole rings is 1. The van der Waals surface area contributed by atoms with Crippen LogP contribution in [0.25, 0.3) is 11.1 Å². The van der Waals surface area contributed by atoms with Gasteiger partial charge in [-0.05, 0) is 68.3 Å². The van der Waals surface area contributed by atoms with Crippen molar-refractivity contribution >= 4 is 35.0 Å². The van der Waals surface area contributed by atoms with Gasteiger partial charge in [0.05, 0.1) is 5.54 Å². The van der Waals surface area contributed by atoms with E-state index in [1.807, 2.05) is 59.9 Å². The molecule has 276 valence electrons. The van der Waals surface area contributed by atoms with Crippen molar-refractivity contribution in [1.29, 1.82) is 0 Å². The van der Waals surface area contributed by atoms with E-state index < -0.39 is 23.7 Å². The van der Waals surface area contributed by atoms with Crippen LogP contribution in [0.5, 0.6) is 0 Å². The molecule has 0 saturated carbocycles. The summed E-state index contributed by atoms with van der Waals surface area (Å²) in [5.74, 6) is -1.20. The van der Waals surface area contributed by atoms with E-state index in [9.17, 15) is 19.2 Å². The van der Waals surface area contributed by atoms with Crippen LogP contribution in [0.4, 0.5) is 0 Å². The number of rotatable bonds is 16. The number of benzene rings is 2. The Morgan fingerprint density at radius 2 is 1.71 bits per heavy atom. The Morgan fingerprint density at radius 3 is 2.29 bits per heavy atom. The van der Waals surface area contributed by atoms with Crippen LogP contribution in [-0.4, -0.2) is 83.3 Å². The summed E-state index contributed by atoms with van der Waals surface area (Å²) >= 11 is 1.25. The highest BCUT2D eigenvalue weighted by molar-refractivity contribution is 7.09. The van der Waals surface area contributed by atoms with Crippen molar-refractivity contribution in [3.05, 3.63) is 76.2 Å². The molecule has 2 aromatic carbocycles. The molecule has 2 heterocycles. The highest BCUT2D eigenvalue weighted by Gasteiger charge is 2.44. The maximum Gasteiger partial charge on any atom is 0.303 e. The molecule has 1 fully saturated rings. The van der Waals surface area contributed by atoms with E-state index in [0.717, 1.165) is 36.1 Å².